The van der Waals surface area contributed by atoms with Crippen LogP contribution in [0.15, 0.2) is 46.6 Å². The van der Waals surface area contributed by atoms with E-state index in [9.17, 15) is 0 Å². The van der Waals surface area contributed by atoms with Gasteiger partial charge in [0.15, 0.2) is 0 Å². The first kappa shape index (κ1) is 14.0. The van der Waals surface area contributed by atoms with Crippen LogP contribution < -0.4 is 0 Å². The van der Waals surface area contributed by atoms with Gasteiger partial charge in [0.1, 0.15) is 0 Å². The van der Waals surface area contributed by atoms with Crippen molar-refractivity contribution in [2.45, 2.75) is 25.7 Å². The summed E-state index contributed by atoms with van der Waals surface area (Å²) in [5, 5.41) is 7.63. The predicted molar refractivity (Wildman–Crippen MR) is 85.3 cm³/mol. The van der Waals surface area contributed by atoms with E-state index in [1.165, 1.54) is 0 Å². The average Bonchev–Trinajstić information content (AvgIpc) is 2.52. The summed E-state index contributed by atoms with van der Waals surface area (Å²) in [5.41, 5.74) is 23.2. The normalized spacial score (nSPS) is 12.7. The monoisotopic (exact) mass is 290 g/mol. The molecule has 0 saturated heterocycles. The Bertz CT molecular complexity index is 744. The molecule has 4 aliphatic carbocycles. The molecule has 22 heavy (non-hydrogen) atoms. The second-order valence-corrected chi connectivity index (χ2v) is 5.31. The largest absolute Gasteiger partial charge is 0.0605 e. The van der Waals surface area contributed by atoms with Gasteiger partial charge in [-0.05, 0) is 71.1 Å². The zero-order valence-electron chi connectivity index (χ0n) is 12.0. The molecule has 0 saturated carbocycles. The highest BCUT2D eigenvalue weighted by molar-refractivity contribution is 5.52. The van der Waals surface area contributed by atoms with E-state index in [-0.39, 0.29) is 0 Å². The van der Waals surface area contributed by atoms with E-state index in [1.54, 1.807) is 0 Å². The van der Waals surface area contributed by atoms with Crippen LogP contribution >= 0.6 is 0 Å². The van der Waals surface area contributed by atoms with Crippen molar-refractivity contribution in [3.8, 4) is 0 Å². The van der Waals surface area contributed by atoms with E-state index in [1.807, 2.05) is 24.3 Å². The maximum Gasteiger partial charge on any atom is 0.0410 e. The molecule has 6 heteroatoms. The minimum Gasteiger partial charge on any atom is -0.0605 e. The number of aryl methyl sites for hydroxylation is 4. The Morgan fingerprint density at radius 2 is 1.14 bits per heavy atom. The Morgan fingerprint density at radius 3 is 1.55 bits per heavy atom. The zero-order chi connectivity index (χ0) is 15.4. The summed E-state index contributed by atoms with van der Waals surface area (Å²) in [6, 6.07) is 12.2. The minimum atomic E-state index is 0.695. The molecule has 6 rings (SSSR count). The topological polar surface area (TPSA) is 97.5 Å². The molecule has 6 nitrogen and oxygen atoms in total. The van der Waals surface area contributed by atoms with Gasteiger partial charge in [0.05, 0.1) is 0 Å². The minimum absolute atomic E-state index is 0.695. The number of benzene rings is 2. The van der Waals surface area contributed by atoms with E-state index in [0.717, 1.165) is 47.9 Å². The molecule has 0 unspecified atom stereocenters. The molecule has 4 aliphatic rings. The Morgan fingerprint density at radius 1 is 0.682 bits per heavy atom. The lowest BCUT2D eigenvalue weighted by atomic mass is 9.94. The third-order valence-electron chi connectivity index (χ3n) is 3.97. The SMILES string of the molecule is [N-]=[N+]=Nc1cc2ccc1CCc1ccc(cc1N=[N+]=[N-])CC2. The van der Waals surface area contributed by atoms with Gasteiger partial charge in [0.25, 0.3) is 0 Å². The van der Waals surface area contributed by atoms with Crippen LogP contribution in [-0.2, 0) is 25.7 Å². The number of rotatable bonds is 2. The molecular formula is C16H14N6. The molecular weight excluding hydrogens is 276 g/mol. The lowest BCUT2D eigenvalue weighted by molar-refractivity contribution is 0.920. The van der Waals surface area contributed by atoms with E-state index in [4.69, 9.17) is 11.1 Å². The van der Waals surface area contributed by atoms with Crippen LogP contribution in [0, 0.1) is 0 Å². The van der Waals surface area contributed by atoms with Crippen molar-refractivity contribution in [3.63, 3.8) is 0 Å². The molecule has 4 bridgehead atoms. The van der Waals surface area contributed by atoms with Crippen LogP contribution in [0.5, 0.6) is 0 Å². The van der Waals surface area contributed by atoms with Crippen molar-refractivity contribution in [2.75, 3.05) is 0 Å². The number of nitrogens with zero attached hydrogens (tertiary/aromatic N) is 6. The van der Waals surface area contributed by atoms with Gasteiger partial charge < -0.3 is 0 Å². The highest BCUT2D eigenvalue weighted by Gasteiger charge is 2.09. The summed E-state index contributed by atoms with van der Waals surface area (Å²) in [5.74, 6) is 0. The van der Waals surface area contributed by atoms with Crippen molar-refractivity contribution < 1.29 is 0 Å². The molecule has 0 amide bonds. The predicted octanol–water partition coefficient (Wildman–Crippen LogP) is 5.45. The van der Waals surface area contributed by atoms with Gasteiger partial charge in [-0.1, -0.05) is 34.5 Å². The lowest BCUT2D eigenvalue weighted by Crippen LogP contribution is -1.98. The molecule has 108 valence electrons. The van der Waals surface area contributed by atoms with Gasteiger partial charge in [-0.25, -0.2) is 0 Å². The molecule has 0 radical (unpaired) electrons. The van der Waals surface area contributed by atoms with E-state index in [2.05, 4.69) is 32.2 Å². The average molecular weight is 290 g/mol. The van der Waals surface area contributed by atoms with Crippen molar-refractivity contribution in [1.82, 2.24) is 0 Å². The summed E-state index contributed by atoms with van der Waals surface area (Å²) >= 11 is 0. The number of azide groups is 2. The summed E-state index contributed by atoms with van der Waals surface area (Å²) in [6.45, 7) is 0. The molecule has 0 aromatic heterocycles. The Kier molecular flexibility index (Phi) is 3.97. The van der Waals surface area contributed by atoms with Crippen LogP contribution in [0.3, 0.4) is 0 Å². The summed E-state index contributed by atoms with van der Waals surface area (Å²) < 4.78 is 0. The zero-order valence-corrected chi connectivity index (χ0v) is 12.0. The second kappa shape index (κ2) is 6.22. The fraction of sp³-hybridized carbons (Fsp3) is 0.250. The fourth-order valence-corrected chi connectivity index (χ4v) is 2.79. The van der Waals surface area contributed by atoms with Crippen LogP contribution in [0.4, 0.5) is 11.4 Å². The van der Waals surface area contributed by atoms with Crippen molar-refractivity contribution in [3.05, 3.63) is 79.5 Å². The number of hydrogen-bond donors (Lipinski definition) is 0. The molecule has 0 fully saturated rings. The van der Waals surface area contributed by atoms with Gasteiger partial charge in [-0.15, -0.1) is 0 Å². The van der Waals surface area contributed by atoms with Gasteiger partial charge in [-0.3, -0.25) is 0 Å². The Labute approximate surface area is 127 Å². The maximum absolute atomic E-state index is 8.74. The number of hydrogen-bond acceptors (Lipinski definition) is 2. The summed E-state index contributed by atoms with van der Waals surface area (Å²) in [4.78, 5) is 5.85. The van der Waals surface area contributed by atoms with Gasteiger partial charge in [0.2, 0.25) is 0 Å². The molecule has 0 aliphatic heterocycles. The van der Waals surface area contributed by atoms with Gasteiger partial charge >= 0.3 is 0 Å². The van der Waals surface area contributed by atoms with Crippen molar-refractivity contribution in [2.24, 2.45) is 10.2 Å². The molecule has 0 spiro atoms. The highest BCUT2D eigenvalue weighted by atomic mass is 15.1. The highest BCUT2D eigenvalue weighted by Crippen LogP contribution is 2.29. The standard InChI is InChI=1S/C16H14N6/c17-21-19-15-9-11-1-2-12-4-6-14(16(10-12)20-22-18)8-7-13(15)5-3-11/h3-6,9-10H,1-2,7-8H2. The van der Waals surface area contributed by atoms with Crippen LogP contribution in [-0.4, -0.2) is 0 Å². The van der Waals surface area contributed by atoms with Crippen molar-refractivity contribution in [1.29, 1.82) is 0 Å². The van der Waals surface area contributed by atoms with Crippen molar-refractivity contribution >= 4 is 11.4 Å². The van der Waals surface area contributed by atoms with Gasteiger partial charge in [-0.2, -0.15) is 0 Å². The third-order valence-corrected chi connectivity index (χ3v) is 3.97. The van der Waals surface area contributed by atoms with E-state index < -0.39 is 0 Å². The smallest absolute Gasteiger partial charge is 0.0410 e. The first-order valence-electron chi connectivity index (χ1n) is 7.14. The summed E-state index contributed by atoms with van der Waals surface area (Å²) in [7, 11) is 0. The molecule has 2 aromatic carbocycles. The molecule has 0 N–H and O–H groups in total. The maximum atomic E-state index is 8.74. The molecule has 2 aromatic rings. The summed E-state index contributed by atoms with van der Waals surface area (Å²) in [6.07, 6.45) is 3.18. The quantitative estimate of drug-likeness (QED) is 0.399. The Hall–Kier alpha value is -2.94. The van der Waals surface area contributed by atoms with Crippen LogP contribution in [0.25, 0.3) is 20.9 Å². The van der Waals surface area contributed by atoms with E-state index in [0.29, 0.717) is 11.4 Å². The molecule has 0 heterocycles. The van der Waals surface area contributed by atoms with Crippen LogP contribution in [0.1, 0.15) is 22.3 Å². The second-order valence-electron chi connectivity index (χ2n) is 5.31. The van der Waals surface area contributed by atoms with E-state index >= 15 is 0 Å². The lowest BCUT2D eigenvalue weighted by Gasteiger charge is -2.13. The first-order valence-corrected chi connectivity index (χ1v) is 7.14. The Balaban J connectivity index is 2.07. The molecule has 0 atom stereocenters. The third kappa shape index (κ3) is 2.88. The fourth-order valence-electron chi connectivity index (χ4n) is 2.79. The van der Waals surface area contributed by atoms with Gasteiger partial charge in [0, 0.05) is 21.2 Å². The van der Waals surface area contributed by atoms with Crippen LogP contribution in [0.2, 0.25) is 0 Å². The first-order chi connectivity index (χ1) is 10.8.